The van der Waals surface area contributed by atoms with Crippen LogP contribution < -0.4 is 4.74 Å². The van der Waals surface area contributed by atoms with Gasteiger partial charge in [0.2, 0.25) is 5.91 Å². The molecule has 1 aliphatic rings. The molecule has 2 aromatic carbocycles. The van der Waals surface area contributed by atoms with Crippen LogP contribution in [-0.2, 0) is 4.79 Å². The number of hydrogen-bond acceptors (Lipinski definition) is 3. The molecule has 148 valence electrons. The van der Waals surface area contributed by atoms with E-state index in [0.717, 1.165) is 17.7 Å². The molecule has 0 aliphatic carbocycles. The molecular formula is C24H29NO3. The average molecular weight is 380 g/mol. The molecule has 0 saturated carbocycles. The number of likely N-dealkylation sites (tertiary alicyclic amines) is 1. The Morgan fingerprint density at radius 3 is 2.64 bits per heavy atom. The molecule has 3 rings (SSSR count). The van der Waals surface area contributed by atoms with Crippen LogP contribution in [0.4, 0.5) is 0 Å². The van der Waals surface area contributed by atoms with Gasteiger partial charge in [-0.25, -0.2) is 0 Å². The van der Waals surface area contributed by atoms with Crippen LogP contribution in [0.25, 0.3) is 6.08 Å². The highest BCUT2D eigenvalue weighted by atomic mass is 16.5. The number of aryl methyl sites for hydroxylation is 2. The first-order chi connectivity index (χ1) is 13.5. The van der Waals surface area contributed by atoms with Gasteiger partial charge in [-0.05, 0) is 68.0 Å². The number of amides is 1. The van der Waals surface area contributed by atoms with E-state index >= 15 is 0 Å². The van der Waals surface area contributed by atoms with Gasteiger partial charge in [0.05, 0.1) is 0 Å². The summed E-state index contributed by atoms with van der Waals surface area (Å²) < 4.78 is 5.87. The maximum absolute atomic E-state index is 12.5. The van der Waals surface area contributed by atoms with Crippen LogP contribution in [0.1, 0.15) is 36.0 Å². The Kier molecular flexibility index (Phi) is 6.53. The molecule has 0 spiro atoms. The number of nitrogens with zero attached hydrogens (tertiary/aromatic N) is 1. The average Bonchev–Trinajstić information content (AvgIpc) is 2.90. The van der Waals surface area contributed by atoms with Crippen LogP contribution in [-0.4, -0.2) is 41.2 Å². The van der Waals surface area contributed by atoms with Crippen LogP contribution in [0.3, 0.4) is 0 Å². The number of benzene rings is 2. The highest BCUT2D eigenvalue weighted by molar-refractivity contribution is 5.91. The van der Waals surface area contributed by atoms with Gasteiger partial charge in [-0.1, -0.05) is 36.4 Å². The first-order valence-corrected chi connectivity index (χ1v) is 9.90. The molecule has 1 atom stereocenters. The second kappa shape index (κ2) is 9.07. The highest BCUT2D eigenvalue weighted by Gasteiger charge is 2.32. The lowest BCUT2D eigenvalue weighted by Crippen LogP contribution is -2.38. The molecule has 1 aliphatic heterocycles. The molecule has 0 radical (unpaired) electrons. The van der Waals surface area contributed by atoms with Crippen LogP contribution in [0.15, 0.2) is 54.6 Å². The zero-order valence-electron chi connectivity index (χ0n) is 16.7. The van der Waals surface area contributed by atoms with Gasteiger partial charge in [0.15, 0.2) is 0 Å². The fourth-order valence-electron chi connectivity index (χ4n) is 3.40. The number of hydrogen-bond donors (Lipinski definition) is 1. The standard InChI is InChI=1S/C24H29NO3/c1-19-9-11-22(17-20(19)2)28-18-24(27)13-6-15-25(16-14-24)23(26)12-10-21-7-4-3-5-8-21/h3-5,7-12,17,27H,6,13-16,18H2,1-2H3. The Hall–Kier alpha value is -2.59. The maximum atomic E-state index is 12.5. The van der Waals surface area contributed by atoms with Crippen LogP contribution in [0, 0.1) is 13.8 Å². The first-order valence-electron chi connectivity index (χ1n) is 9.90. The van der Waals surface area contributed by atoms with Gasteiger partial charge in [0, 0.05) is 19.2 Å². The van der Waals surface area contributed by atoms with E-state index in [-0.39, 0.29) is 12.5 Å². The summed E-state index contributed by atoms with van der Waals surface area (Å²) in [5.74, 6) is 0.766. The Morgan fingerprint density at radius 2 is 1.89 bits per heavy atom. The molecule has 2 aromatic rings. The lowest BCUT2D eigenvalue weighted by atomic mass is 9.96. The molecule has 0 aromatic heterocycles. The van der Waals surface area contributed by atoms with Gasteiger partial charge in [-0.2, -0.15) is 0 Å². The SMILES string of the molecule is Cc1ccc(OCC2(O)CCCN(C(=O)C=Cc3ccccc3)CC2)cc1C. The third-order valence-electron chi connectivity index (χ3n) is 5.43. The number of ether oxygens (including phenoxy) is 1. The van der Waals surface area contributed by atoms with E-state index in [2.05, 4.69) is 13.8 Å². The summed E-state index contributed by atoms with van der Waals surface area (Å²) in [5.41, 5.74) is 2.49. The fraction of sp³-hybridized carbons (Fsp3) is 0.375. The van der Waals surface area contributed by atoms with Crippen molar-refractivity contribution in [1.29, 1.82) is 0 Å². The summed E-state index contributed by atoms with van der Waals surface area (Å²) >= 11 is 0. The minimum atomic E-state index is -0.906. The van der Waals surface area contributed by atoms with Crippen molar-refractivity contribution in [1.82, 2.24) is 4.90 Å². The van der Waals surface area contributed by atoms with Crippen molar-refractivity contribution in [3.63, 3.8) is 0 Å². The van der Waals surface area contributed by atoms with Crippen molar-refractivity contribution in [2.24, 2.45) is 0 Å². The van der Waals surface area contributed by atoms with E-state index in [0.29, 0.717) is 25.9 Å². The van der Waals surface area contributed by atoms with Crippen molar-refractivity contribution in [2.75, 3.05) is 19.7 Å². The summed E-state index contributed by atoms with van der Waals surface area (Å²) in [5, 5.41) is 11.0. The van der Waals surface area contributed by atoms with E-state index in [1.807, 2.05) is 59.5 Å². The quantitative estimate of drug-likeness (QED) is 0.795. The second-order valence-electron chi connectivity index (χ2n) is 7.68. The van der Waals surface area contributed by atoms with E-state index in [4.69, 9.17) is 4.74 Å². The third-order valence-corrected chi connectivity index (χ3v) is 5.43. The topological polar surface area (TPSA) is 49.8 Å². The lowest BCUT2D eigenvalue weighted by molar-refractivity contribution is -0.126. The van der Waals surface area contributed by atoms with E-state index in [9.17, 15) is 9.90 Å². The smallest absolute Gasteiger partial charge is 0.246 e. The summed E-state index contributed by atoms with van der Waals surface area (Å²) in [7, 11) is 0. The van der Waals surface area contributed by atoms with Crippen molar-refractivity contribution in [3.8, 4) is 5.75 Å². The molecule has 28 heavy (non-hydrogen) atoms. The molecule has 0 bridgehead atoms. The third kappa shape index (κ3) is 5.46. The summed E-state index contributed by atoms with van der Waals surface area (Å²) in [4.78, 5) is 14.3. The highest BCUT2D eigenvalue weighted by Crippen LogP contribution is 2.25. The zero-order chi connectivity index (χ0) is 20.0. The Labute approximate surface area is 167 Å². The monoisotopic (exact) mass is 379 g/mol. The predicted octanol–water partition coefficient (Wildman–Crippen LogP) is 4.14. The minimum Gasteiger partial charge on any atom is -0.491 e. The van der Waals surface area contributed by atoms with Crippen molar-refractivity contribution in [2.45, 2.75) is 38.7 Å². The molecule has 1 saturated heterocycles. The van der Waals surface area contributed by atoms with Gasteiger partial charge in [-0.3, -0.25) is 4.79 Å². The number of aliphatic hydroxyl groups is 1. The normalized spacial score (nSPS) is 20.2. The van der Waals surface area contributed by atoms with Crippen molar-refractivity contribution < 1.29 is 14.6 Å². The molecule has 1 N–H and O–H groups in total. The number of carbonyl (C=O) groups excluding carboxylic acids is 1. The molecule has 1 amide bonds. The Bertz CT molecular complexity index is 831. The predicted molar refractivity (Wildman–Crippen MR) is 112 cm³/mol. The van der Waals surface area contributed by atoms with Gasteiger partial charge < -0.3 is 14.7 Å². The van der Waals surface area contributed by atoms with Crippen LogP contribution in [0.5, 0.6) is 5.75 Å². The van der Waals surface area contributed by atoms with Gasteiger partial charge in [0.1, 0.15) is 18.0 Å². The molecular weight excluding hydrogens is 350 g/mol. The Balaban J connectivity index is 1.55. The van der Waals surface area contributed by atoms with Crippen LogP contribution in [0.2, 0.25) is 0 Å². The lowest BCUT2D eigenvalue weighted by Gasteiger charge is -2.27. The fourth-order valence-corrected chi connectivity index (χ4v) is 3.40. The summed E-state index contributed by atoms with van der Waals surface area (Å²) in [6.45, 7) is 5.55. The maximum Gasteiger partial charge on any atom is 0.246 e. The molecule has 4 nitrogen and oxygen atoms in total. The first kappa shape index (κ1) is 20.2. The van der Waals surface area contributed by atoms with Gasteiger partial charge in [-0.15, -0.1) is 0 Å². The summed E-state index contributed by atoms with van der Waals surface area (Å²) in [6, 6.07) is 15.8. The van der Waals surface area contributed by atoms with E-state index < -0.39 is 5.60 Å². The minimum absolute atomic E-state index is 0.0109. The Morgan fingerprint density at radius 1 is 1.11 bits per heavy atom. The van der Waals surface area contributed by atoms with E-state index in [1.54, 1.807) is 6.08 Å². The van der Waals surface area contributed by atoms with E-state index in [1.165, 1.54) is 11.1 Å². The largest absolute Gasteiger partial charge is 0.491 e. The molecule has 1 fully saturated rings. The second-order valence-corrected chi connectivity index (χ2v) is 7.68. The number of carbonyl (C=O) groups is 1. The van der Waals surface area contributed by atoms with Crippen molar-refractivity contribution in [3.05, 3.63) is 71.3 Å². The van der Waals surface area contributed by atoms with Gasteiger partial charge in [0.25, 0.3) is 0 Å². The number of rotatable bonds is 5. The molecule has 4 heteroatoms. The van der Waals surface area contributed by atoms with Crippen molar-refractivity contribution >= 4 is 12.0 Å². The zero-order valence-corrected chi connectivity index (χ0v) is 16.7. The van der Waals surface area contributed by atoms with Gasteiger partial charge >= 0.3 is 0 Å². The molecule has 1 heterocycles. The summed E-state index contributed by atoms with van der Waals surface area (Å²) in [6.07, 6.45) is 5.36. The molecule has 1 unspecified atom stereocenters. The van der Waals surface area contributed by atoms with Crippen LogP contribution >= 0.6 is 0 Å².